The van der Waals surface area contributed by atoms with Crippen LogP contribution in [0.2, 0.25) is 0 Å². The van der Waals surface area contributed by atoms with Crippen LogP contribution in [0, 0.1) is 17.1 Å². The molecule has 0 aliphatic carbocycles. The third-order valence-electron chi connectivity index (χ3n) is 7.38. The predicted molar refractivity (Wildman–Crippen MR) is 127 cm³/mol. The second kappa shape index (κ2) is 7.49. The molecule has 1 fully saturated rings. The lowest BCUT2D eigenvalue weighted by molar-refractivity contribution is -0.0876. The van der Waals surface area contributed by atoms with Crippen molar-refractivity contribution in [3.05, 3.63) is 83.2 Å². The third kappa shape index (κ3) is 3.03. The number of halogens is 1. The summed E-state index contributed by atoms with van der Waals surface area (Å²) < 4.78 is 27.0. The predicted octanol–water partition coefficient (Wildman–Crippen LogP) is 5.76. The molecule has 6 rings (SSSR count). The van der Waals surface area contributed by atoms with Crippen LogP contribution in [0.5, 0.6) is 17.5 Å². The third-order valence-corrected chi connectivity index (χ3v) is 7.38. The molecule has 4 aromatic rings. The molecule has 1 saturated heterocycles. The molecule has 2 atom stereocenters. The fourth-order valence-corrected chi connectivity index (χ4v) is 5.78. The number of nitriles is 1. The second-order valence-corrected chi connectivity index (χ2v) is 9.40. The van der Waals surface area contributed by atoms with E-state index in [0.717, 1.165) is 10.8 Å². The molecule has 0 saturated carbocycles. The minimum atomic E-state index is -0.806. The zero-order valence-corrected chi connectivity index (χ0v) is 19.1. The molecular weight excluding hydrogens is 447 g/mol. The van der Waals surface area contributed by atoms with Crippen LogP contribution in [0.4, 0.5) is 4.39 Å². The van der Waals surface area contributed by atoms with Gasteiger partial charge in [0.15, 0.2) is 0 Å². The van der Waals surface area contributed by atoms with Gasteiger partial charge in [0, 0.05) is 17.2 Å². The van der Waals surface area contributed by atoms with E-state index in [9.17, 15) is 19.9 Å². The van der Waals surface area contributed by atoms with Gasteiger partial charge < -0.3 is 19.7 Å². The fourth-order valence-electron chi connectivity index (χ4n) is 5.78. The number of rotatable bonds is 5. The molecule has 2 aliphatic rings. The first-order chi connectivity index (χ1) is 16.9. The maximum atomic E-state index is 13.2. The standard InChI is InChI=1S/C28H23FN2O4/c1-27-12-13-28(35-27,14-15-34-19-9-7-18(29)8-10-19)24-23(27)25(32)31(26(24)33)22-11-6-17(16-30)20-4-2-3-5-21(20)22/h2-11,32-33H,12-15H2,1H3/t27-,28-/m1/s1. The SMILES string of the molecule is C[C@]12CC[C@](CCOc3ccc(F)cc3)(O1)c1c2c(O)n(-c2ccc(C#N)c3ccccc23)c1O. The van der Waals surface area contributed by atoms with E-state index in [1.54, 1.807) is 24.3 Å². The van der Waals surface area contributed by atoms with Crippen molar-refractivity contribution in [3.63, 3.8) is 0 Å². The lowest BCUT2D eigenvalue weighted by Crippen LogP contribution is -2.25. The molecule has 3 aromatic carbocycles. The minimum absolute atomic E-state index is 0.0594. The van der Waals surface area contributed by atoms with E-state index in [2.05, 4.69) is 6.07 Å². The number of benzene rings is 3. The first-order valence-corrected chi connectivity index (χ1v) is 11.6. The number of hydrogen-bond donors (Lipinski definition) is 2. The number of aromatic nitrogens is 1. The lowest BCUT2D eigenvalue weighted by atomic mass is 9.78. The maximum absolute atomic E-state index is 13.2. The molecule has 176 valence electrons. The Morgan fingerprint density at radius 2 is 1.71 bits per heavy atom. The van der Waals surface area contributed by atoms with Crippen molar-refractivity contribution in [2.75, 3.05) is 6.61 Å². The van der Waals surface area contributed by atoms with Gasteiger partial charge in [-0.3, -0.25) is 4.57 Å². The number of hydrogen-bond acceptors (Lipinski definition) is 5. The van der Waals surface area contributed by atoms with E-state index in [1.807, 2.05) is 31.2 Å². The summed E-state index contributed by atoms with van der Waals surface area (Å²) in [6, 6.07) is 18.9. The van der Waals surface area contributed by atoms with Crippen LogP contribution in [0.1, 0.15) is 42.9 Å². The van der Waals surface area contributed by atoms with E-state index in [1.165, 1.54) is 16.7 Å². The molecule has 0 unspecified atom stereocenters. The van der Waals surface area contributed by atoms with Crippen LogP contribution >= 0.6 is 0 Å². The smallest absolute Gasteiger partial charge is 0.205 e. The van der Waals surface area contributed by atoms with Gasteiger partial charge in [-0.05, 0) is 56.2 Å². The Morgan fingerprint density at radius 1 is 1.00 bits per heavy atom. The van der Waals surface area contributed by atoms with Gasteiger partial charge in [0.1, 0.15) is 17.2 Å². The molecule has 2 N–H and O–H groups in total. The van der Waals surface area contributed by atoms with Crippen LogP contribution in [0.25, 0.3) is 16.5 Å². The number of ether oxygens (including phenoxy) is 2. The highest BCUT2D eigenvalue weighted by molar-refractivity contribution is 5.95. The first kappa shape index (κ1) is 21.5. The summed E-state index contributed by atoms with van der Waals surface area (Å²) in [6.07, 6.45) is 1.83. The topological polar surface area (TPSA) is 87.6 Å². The van der Waals surface area contributed by atoms with Crippen LogP contribution in [0.3, 0.4) is 0 Å². The monoisotopic (exact) mass is 470 g/mol. The molecule has 3 heterocycles. The fraction of sp³-hybridized carbons (Fsp3) is 0.250. The number of fused-ring (bicyclic) bond motifs is 6. The Hall–Kier alpha value is -4.02. The average Bonchev–Trinajstić information content (AvgIpc) is 3.44. The largest absolute Gasteiger partial charge is 0.494 e. The van der Waals surface area contributed by atoms with Gasteiger partial charge in [-0.25, -0.2) is 4.39 Å². The zero-order chi connectivity index (χ0) is 24.4. The van der Waals surface area contributed by atoms with Crippen molar-refractivity contribution >= 4 is 10.8 Å². The Labute approximate surface area is 201 Å². The van der Waals surface area contributed by atoms with Crippen LogP contribution in [-0.2, 0) is 15.9 Å². The summed E-state index contributed by atoms with van der Waals surface area (Å²) in [6.45, 7) is 2.23. The molecule has 0 radical (unpaired) electrons. The van der Waals surface area contributed by atoms with Crippen molar-refractivity contribution in [2.45, 2.75) is 37.4 Å². The van der Waals surface area contributed by atoms with Gasteiger partial charge in [-0.2, -0.15) is 5.26 Å². The maximum Gasteiger partial charge on any atom is 0.205 e. The van der Waals surface area contributed by atoms with E-state index >= 15 is 0 Å². The highest BCUT2D eigenvalue weighted by Crippen LogP contribution is 2.65. The normalized spacial score (nSPS) is 22.3. The van der Waals surface area contributed by atoms with Crippen molar-refractivity contribution in [1.29, 1.82) is 5.26 Å². The average molecular weight is 471 g/mol. The summed E-state index contributed by atoms with van der Waals surface area (Å²) >= 11 is 0. The van der Waals surface area contributed by atoms with Crippen LogP contribution in [-0.4, -0.2) is 21.4 Å². The molecule has 2 aliphatic heterocycles. The van der Waals surface area contributed by atoms with Gasteiger partial charge in [-0.1, -0.05) is 24.3 Å². The summed E-state index contributed by atoms with van der Waals surface area (Å²) in [4.78, 5) is 0. The highest BCUT2D eigenvalue weighted by atomic mass is 19.1. The number of nitrogens with zero attached hydrogens (tertiary/aromatic N) is 2. The van der Waals surface area contributed by atoms with Gasteiger partial charge in [0.25, 0.3) is 0 Å². The summed E-state index contributed by atoms with van der Waals surface area (Å²) in [5.41, 5.74) is 0.744. The Morgan fingerprint density at radius 3 is 2.46 bits per heavy atom. The van der Waals surface area contributed by atoms with Gasteiger partial charge in [-0.15, -0.1) is 0 Å². The molecule has 6 nitrogen and oxygen atoms in total. The first-order valence-electron chi connectivity index (χ1n) is 11.6. The molecule has 35 heavy (non-hydrogen) atoms. The van der Waals surface area contributed by atoms with E-state index < -0.39 is 11.2 Å². The summed E-state index contributed by atoms with van der Waals surface area (Å²) in [5, 5.41) is 33.9. The second-order valence-electron chi connectivity index (χ2n) is 9.40. The van der Waals surface area contributed by atoms with Gasteiger partial charge in [0.2, 0.25) is 11.8 Å². The van der Waals surface area contributed by atoms with E-state index in [-0.39, 0.29) is 17.6 Å². The van der Waals surface area contributed by atoms with E-state index in [4.69, 9.17) is 9.47 Å². The van der Waals surface area contributed by atoms with Crippen LogP contribution in [0.15, 0.2) is 60.7 Å². The van der Waals surface area contributed by atoms with Crippen molar-refractivity contribution in [3.8, 4) is 29.3 Å². The Balaban J connectivity index is 1.43. The molecule has 7 heteroatoms. The molecule has 2 bridgehead atoms. The summed E-state index contributed by atoms with van der Waals surface area (Å²) in [5.74, 6) is 0.0901. The molecule has 1 aromatic heterocycles. The molecule has 0 amide bonds. The summed E-state index contributed by atoms with van der Waals surface area (Å²) in [7, 11) is 0. The Kier molecular flexibility index (Phi) is 4.60. The Bertz CT molecular complexity index is 1520. The quantitative estimate of drug-likeness (QED) is 0.387. The van der Waals surface area contributed by atoms with Gasteiger partial charge in [0.05, 0.1) is 40.7 Å². The molecule has 0 spiro atoms. The van der Waals surface area contributed by atoms with Gasteiger partial charge >= 0.3 is 0 Å². The lowest BCUT2D eigenvalue weighted by Gasteiger charge is -2.26. The minimum Gasteiger partial charge on any atom is -0.494 e. The zero-order valence-electron chi connectivity index (χ0n) is 19.1. The van der Waals surface area contributed by atoms with E-state index in [0.29, 0.717) is 54.0 Å². The van der Waals surface area contributed by atoms with Crippen molar-refractivity contribution in [2.24, 2.45) is 0 Å². The highest BCUT2D eigenvalue weighted by Gasteiger charge is 2.61. The van der Waals surface area contributed by atoms with Crippen molar-refractivity contribution in [1.82, 2.24) is 4.57 Å². The van der Waals surface area contributed by atoms with Crippen molar-refractivity contribution < 1.29 is 24.1 Å². The molecular formula is C28H23FN2O4. The number of aromatic hydroxyl groups is 2. The van der Waals surface area contributed by atoms with Crippen LogP contribution < -0.4 is 4.74 Å².